The van der Waals surface area contributed by atoms with Crippen molar-refractivity contribution >= 4 is 32.3 Å². The van der Waals surface area contributed by atoms with Crippen molar-refractivity contribution in [2.75, 3.05) is 6.26 Å². The molecular formula is C8H10O2S3. The summed E-state index contributed by atoms with van der Waals surface area (Å²) < 4.78 is 22.5. The molecule has 0 aliphatic rings. The molecule has 72 valence electrons. The Balaban J connectivity index is 3.29. The van der Waals surface area contributed by atoms with Crippen LogP contribution in [0.25, 0.3) is 0 Å². The van der Waals surface area contributed by atoms with Gasteiger partial charge >= 0.3 is 0 Å². The van der Waals surface area contributed by atoms with Crippen molar-refractivity contribution in [3.8, 4) is 0 Å². The lowest BCUT2D eigenvalue weighted by Crippen LogP contribution is -1.99. The van der Waals surface area contributed by atoms with Gasteiger partial charge in [-0.3, -0.25) is 0 Å². The van der Waals surface area contributed by atoms with E-state index < -0.39 is 9.84 Å². The van der Waals surface area contributed by atoms with Crippen molar-refractivity contribution in [1.29, 1.82) is 0 Å². The van der Waals surface area contributed by atoms with Crippen molar-refractivity contribution < 1.29 is 8.42 Å². The van der Waals surface area contributed by atoms with Crippen LogP contribution in [0.5, 0.6) is 0 Å². The first-order valence-electron chi connectivity index (χ1n) is 3.57. The highest BCUT2D eigenvalue weighted by Crippen LogP contribution is 2.25. The van der Waals surface area contributed by atoms with E-state index in [-0.39, 0.29) is 0 Å². The smallest absolute Gasteiger partial charge is 0.175 e. The number of rotatable bonds is 2. The summed E-state index contributed by atoms with van der Waals surface area (Å²) in [6.07, 6.45) is 1.21. The quantitative estimate of drug-likeness (QED) is 0.630. The maximum atomic E-state index is 11.2. The highest BCUT2D eigenvalue weighted by Gasteiger charge is 2.10. The highest BCUT2D eigenvalue weighted by atomic mass is 33.1. The molecule has 0 saturated heterocycles. The Bertz CT molecular complexity index is 409. The van der Waals surface area contributed by atoms with Gasteiger partial charge in [-0.15, -0.1) is 11.7 Å². The van der Waals surface area contributed by atoms with Crippen LogP contribution >= 0.6 is 22.5 Å². The number of sulfone groups is 1. The van der Waals surface area contributed by atoms with E-state index in [2.05, 4.69) is 11.7 Å². The van der Waals surface area contributed by atoms with Crippen LogP contribution in [0.2, 0.25) is 0 Å². The zero-order valence-electron chi connectivity index (χ0n) is 7.31. The predicted molar refractivity (Wildman–Crippen MR) is 59.1 cm³/mol. The molecule has 0 atom stereocenters. The number of benzene rings is 1. The number of thiol groups is 1. The molecular weight excluding hydrogens is 224 g/mol. The minimum Gasteiger partial charge on any atom is -0.224 e. The largest absolute Gasteiger partial charge is 0.224 e. The summed E-state index contributed by atoms with van der Waals surface area (Å²) in [6.45, 7) is 1.78. The Morgan fingerprint density at radius 2 is 2.00 bits per heavy atom. The third-order valence-electron chi connectivity index (χ3n) is 1.65. The van der Waals surface area contributed by atoms with E-state index in [1.165, 1.54) is 17.0 Å². The van der Waals surface area contributed by atoms with Crippen LogP contribution < -0.4 is 0 Å². The second kappa shape index (κ2) is 3.94. The van der Waals surface area contributed by atoms with Gasteiger partial charge in [0.25, 0.3) is 0 Å². The SMILES string of the molecule is Cc1cc(SS)ccc1S(C)(=O)=O. The monoisotopic (exact) mass is 234 g/mol. The van der Waals surface area contributed by atoms with Crippen molar-refractivity contribution in [1.82, 2.24) is 0 Å². The van der Waals surface area contributed by atoms with E-state index in [1.54, 1.807) is 19.1 Å². The zero-order valence-corrected chi connectivity index (χ0v) is 9.84. The molecule has 2 nitrogen and oxygen atoms in total. The molecule has 0 heterocycles. The second-order valence-corrected chi connectivity index (χ2v) is 5.98. The van der Waals surface area contributed by atoms with Crippen molar-refractivity contribution in [3.63, 3.8) is 0 Å². The highest BCUT2D eigenvalue weighted by molar-refractivity contribution is 8.68. The summed E-state index contributed by atoms with van der Waals surface area (Å²) in [5.74, 6) is 0. The van der Waals surface area contributed by atoms with Crippen LogP contribution in [0.1, 0.15) is 5.56 Å². The summed E-state index contributed by atoms with van der Waals surface area (Å²) in [7, 11) is -1.79. The molecule has 0 unspecified atom stereocenters. The van der Waals surface area contributed by atoms with Crippen LogP contribution in [-0.4, -0.2) is 14.7 Å². The van der Waals surface area contributed by atoms with Crippen molar-refractivity contribution in [2.45, 2.75) is 16.7 Å². The first kappa shape index (κ1) is 10.9. The number of aryl methyl sites for hydroxylation is 1. The summed E-state index contributed by atoms with van der Waals surface area (Å²) >= 11 is 4.03. The molecule has 0 bridgehead atoms. The first-order chi connectivity index (χ1) is 5.95. The first-order valence-corrected chi connectivity index (χ1v) is 7.33. The molecule has 1 aromatic carbocycles. The second-order valence-electron chi connectivity index (χ2n) is 2.79. The van der Waals surface area contributed by atoms with E-state index in [9.17, 15) is 8.42 Å². The Morgan fingerprint density at radius 1 is 1.38 bits per heavy atom. The normalized spacial score (nSPS) is 11.6. The van der Waals surface area contributed by atoms with Crippen LogP contribution in [0.4, 0.5) is 0 Å². The fraction of sp³-hybridized carbons (Fsp3) is 0.250. The third-order valence-corrected chi connectivity index (χ3v) is 4.01. The summed E-state index contributed by atoms with van der Waals surface area (Å²) in [5.41, 5.74) is 0.765. The molecule has 0 fully saturated rings. The molecule has 0 aliphatic heterocycles. The molecule has 0 N–H and O–H groups in total. The van der Waals surface area contributed by atoms with Gasteiger partial charge in [0.15, 0.2) is 9.84 Å². The molecule has 1 aromatic rings. The third kappa shape index (κ3) is 2.65. The lowest BCUT2D eigenvalue weighted by Gasteiger charge is -2.04. The topological polar surface area (TPSA) is 34.1 Å². The fourth-order valence-corrected chi connectivity index (χ4v) is 2.75. The van der Waals surface area contributed by atoms with Crippen LogP contribution in [-0.2, 0) is 9.84 Å². The van der Waals surface area contributed by atoms with Gasteiger partial charge in [-0.25, -0.2) is 8.42 Å². The standard InChI is InChI=1S/C8H10O2S3/c1-6-5-7(12-11)3-4-8(6)13(2,9)10/h3-5,11H,1-2H3. The number of hydrogen-bond donors (Lipinski definition) is 1. The van der Waals surface area contributed by atoms with E-state index in [1.807, 2.05) is 6.07 Å². The maximum absolute atomic E-state index is 11.2. The Hall–Kier alpha value is -0.130. The molecule has 0 aliphatic carbocycles. The lowest BCUT2D eigenvalue weighted by atomic mass is 10.2. The van der Waals surface area contributed by atoms with E-state index in [4.69, 9.17) is 0 Å². The minimum atomic E-state index is -3.09. The van der Waals surface area contributed by atoms with E-state index >= 15 is 0 Å². The van der Waals surface area contributed by atoms with Crippen LogP contribution in [0.15, 0.2) is 28.0 Å². The fourth-order valence-electron chi connectivity index (χ4n) is 1.09. The molecule has 0 saturated carbocycles. The van der Waals surface area contributed by atoms with Gasteiger partial charge in [0.05, 0.1) is 4.90 Å². The van der Waals surface area contributed by atoms with Gasteiger partial charge in [0, 0.05) is 11.2 Å². The van der Waals surface area contributed by atoms with Gasteiger partial charge in [-0.05, 0) is 30.7 Å². The lowest BCUT2D eigenvalue weighted by molar-refractivity contribution is 0.601. The van der Waals surface area contributed by atoms with E-state index in [0.717, 1.165) is 10.5 Å². The molecule has 13 heavy (non-hydrogen) atoms. The molecule has 5 heteroatoms. The summed E-state index contributed by atoms with van der Waals surface area (Å²) in [4.78, 5) is 1.34. The van der Waals surface area contributed by atoms with Gasteiger partial charge in [0.1, 0.15) is 0 Å². The molecule has 0 aromatic heterocycles. The van der Waals surface area contributed by atoms with E-state index in [0.29, 0.717) is 4.90 Å². The van der Waals surface area contributed by atoms with Gasteiger partial charge < -0.3 is 0 Å². The average molecular weight is 234 g/mol. The summed E-state index contributed by atoms with van der Waals surface area (Å²) in [6, 6.07) is 5.18. The molecule has 0 spiro atoms. The Kier molecular flexibility index (Phi) is 3.32. The molecule has 1 rings (SSSR count). The van der Waals surface area contributed by atoms with Gasteiger partial charge in [-0.2, -0.15) is 0 Å². The maximum Gasteiger partial charge on any atom is 0.175 e. The van der Waals surface area contributed by atoms with Crippen molar-refractivity contribution in [2.24, 2.45) is 0 Å². The van der Waals surface area contributed by atoms with Gasteiger partial charge in [-0.1, -0.05) is 10.8 Å². The molecule has 0 amide bonds. The zero-order chi connectivity index (χ0) is 10.1. The number of hydrogen-bond acceptors (Lipinski definition) is 4. The van der Waals surface area contributed by atoms with Crippen LogP contribution in [0.3, 0.4) is 0 Å². The van der Waals surface area contributed by atoms with Gasteiger partial charge in [0.2, 0.25) is 0 Å². The van der Waals surface area contributed by atoms with Crippen LogP contribution in [0, 0.1) is 6.92 Å². The predicted octanol–water partition coefficient (Wildman–Crippen LogP) is 2.34. The van der Waals surface area contributed by atoms with Crippen molar-refractivity contribution in [3.05, 3.63) is 23.8 Å². The Labute approximate surface area is 87.5 Å². The minimum absolute atomic E-state index is 0.388. The average Bonchev–Trinajstić information content (AvgIpc) is 2.01. The summed E-state index contributed by atoms with van der Waals surface area (Å²) in [5, 5.41) is 0. The Morgan fingerprint density at radius 3 is 2.38 bits per heavy atom. The molecule has 0 radical (unpaired) electrons.